The van der Waals surface area contributed by atoms with Crippen molar-refractivity contribution in [2.45, 2.75) is 12.5 Å². The van der Waals surface area contributed by atoms with Crippen LogP contribution in [0.1, 0.15) is 6.42 Å². The van der Waals surface area contributed by atoms with Crippen LogP contribution in [0.2, 0.25) is 0 Å². The van der Waals surface area contributed by atoms with Crippen LogP contribution in [0.15, 0.2) is 24.3 Å². The molecule has 1 aromatic rings. The first-order valence-electron chi connectivity index (χ1n) is 6.21. The van der Waals surface area contributed by atoms with Gasteiger partial charge in [-0.25, -0.2) is 4.79 Å². The van der Waals surface area contributed by atoms with E-state index in [1.807, 2.05) is 18.2 Å². The number of urea groups is 1. The molecule has 2 aliphatic heterocycles. The van der Waals surface area contributed by atoms with E-state index in [-0.39, 0.29) is 24.6 Å². The fourth-order valence-electron chi connectivity index (χ4n) is 2.16. The molecule has 1 saturated heterocycles. The summed E-state index contributed by atoms with van der Waals surface area (Å²) in [5.74, 6) is 1.16. The van der Waals surface area contributed by atoms with Crippen molar-refractivity contribution in [3.63, 3.8) is 0 Å². The quantitative estimate of drug-likeness (QED) is 0.854. The van der Waals surface area contributed by atoms with Gasteiger partial charge in [-0.15, -0.1) is 0 Å². The minimum atomic E-state index is -0.362. The molecule has 3 rings (SSSR count). The van der Waals surface area contributed by atoms with Gasteiger partial charge >= 0.3 is 6.03 Å². The van der Waals surface area contributed by atoms with Gasteiger partial charge in [0.1, 0.15) is 6.61 Å². The summed E-state index contributed by atoms with van der Waals surface area (Å²) < 4.78 is 11.3. The predicted molar refractivity (Wildman–Crippen MR) is 66.1 cm³/mol. The first-order chi connectivity index (χ1) is 9.24. The van der Waals surface area contributed by atoms with Gasteiger partial charge < -0.3 is 14.8 Å². The average Bonchev–Trinajstić information content (AvgIpc) is 2.43. The number of hydrogen-bond donors (Lipinski definition) is 1. The summed E-state index contributed by atoms with van der Waals surface area (Å²) in [6.45, 7) is 0.937. The number of imide groups is 1. The molecule has 1 atom stereocenters. The lowest BCUT2D eigenvalue weighted by atomic mass is 10.2. The van der Waals surface area contributed by atoms with Crippen LogP contribution >= 0.6 is 0 Å². The van der Waals surface area contributed by atoms with E-state index in [2.05, 4.69) is 5.32 Å². The van der Waals surface area contributed by atoms with Crippen LogP contribution in [0.3, 0.4) is 0 Å². The van der Waals surface area contributed by atoms with Crippen LogP contribution in [-0.2, 0) is 4.79 Å². The topological polar surface area (TPSA) is 67.9 Å². The number of rotatable bonds is 2. The van der Waals surface area contributed by atoms with Crippen molar-refractivity contribution in [3.8, 4) is 11.5 Å². The van der Waals surface area contributed by atoms with Crippen molar-refractivity contribution in [1.29, 1.82) is 0 Å². The summed E-state index contributed by atoms with van der Waals surface area (Å²) in [5.41, 5.74) is 0. The Bertz CT molecular complexity index is 501. The number of hydrogen-bond acceptors (Lipinski definition) is 4. The van der Waals surface area contributed by atoms with Crippen LogP contribution in [0, 0.1) is 0 Å². The van der Waals surface area contributed by atoms with Gasteiger partial charge in [0.15, 0.2) is 17.6 Å². The van der Waals surface area contributed by atoms with Gasteiger partial charge in [-0.05, 0) is 12.1 Å². The molecule has 0 saturated carbocycles. The van der Waals surface area contributed by atoms with Crippen LogP contribution in [0.5, 0.6) is 11.5 Å². The summed E-state index contributed by atoms with van der Waals surface area (Å²) in [4.78, 5) is 24.5. The maximum Gasteiger partial charge on any atom is 0.324 e. The highest BCUT2D eigenvalue weighted by Gasteiger charge is 2.31. The first kappa shape index (κ1) is 11.8. The lowest BCUT2D eigenvalue weighted by Gasteiger charge is -2.32. The number of para-hydroxylation sites is 2. The molecule has 0 spiro atoms. The molecular formula is C13H14N2O4. The molecule has 100 valence electrons. The molecule has 1 N–H and O–H groups in total. The van der Waals surface area contributed by atoms with Gasteiger partial charge in [-0.1, -0.05) is 12.1 Å². The highest BCUT2D eigenvalue weighted by Crippen LogP contribution is 2.31. The molecule has 6 heteroatoms. The summed E-state index contributed by atoms with van der Waals surface area (Å²) in [5, 5.41) is 2.64. The SMILES string of the molecule is O=C1CCNC(=O)N1CC1COc2ccccc2O1. The van der Waals surface area contributed by atoms with E-state index in [0.29, 0.717) is 31.1 Å². The Labute approximate surface area is 110 Å². The van der Waals surface area contributed by atoms with Crippen LogP contribution in [-0.4, -0.2) is 42.6 Å². The molecule has 2 heterocycles. The Morgan fingerprint density at radius 3 is 2.84 bits per heavy atom. The van der Waals surface area contributed by atoms with Crippen molar-refractivity contribution in [2.75, 3.05) is 19.7 Å². The Morgan fingerprint density at radius 1 is 1.26 bits per heavy atom. The number of benzene rings is 1. The first-order valence-corrected chi connectivity index (χ1v) is 6.21. The van der Waals surface area contributed by atoms with Gasteiger partial charge in [0.2, 0.25) is 5.91 Å². The lowest BCUT2D eigenvalue weighted by molar-refractivity contribution is -0.130. The fourth-order valence-corrected chi connectivity index (χ4v) is 2.16. The molecule has 2 aliphatic rings. The number of carbonyl (C=O) groups excluding carboxylic acids is 2. The van der Waals surface area contributed by atoms with Crippen molar-refractivity contribution in [1.82, 2.24) is 10.2 Å². The molecule has 0 aromatic heterocycles. The van der Waals surface area contributed by atoms with Gasteiger partial charge in [0, 0.05) is 13.0 Å². The molecule has 6 nitrogen and oxygen atoms in total. The monoisotopic (exact) mass is 262 g/mol. The second kappa shape index (κ2) is 4.79. The number of fused-ring (bicyclic) bond motifs is 1. The third-order valence-electron chi connectivity index (χ3n) is 3.12. The van der Waals surface area contributed by atoms with Gasteiger partial charge in [-0.3, -0.25) is 9.69 Å². The molecule has 1 aromatic carbocycles. The molecule has 19 heavy (non-hydrogen) atoms. The summed E-state index contributed by atoms with van der Waals surface area (Å²) >= 11 is 0. The number of carbonyl (C=O) groups is 2. The van der Waals surface area contributed by atoms with E-state index in [1.54, 1.807) is 6.07 Å². The molecule has 0 aliphatic carbocycles. The van der Waals surface area contributed by atoms with Gasteiger partial charge in [0.05, 0.1) is 6.54 Å². The summed E-state index contributed by atoms with van der Waals surface area (Å²) in [6.07, 6.45) is -0.00156. The third kappa shape index (κ3) is 2.33. The number of nitrogens with zero attached hydrogens (tertiary/aromatic N) is 1. The van der Waals surface area contributed by atoms with Crippen molar-refractivity contribution < 1.29 is 19.1 Å². The van der Waals surface area contributed by atoms with Crippen molar-refractivity contribution >= 4 is 11.9 Å². The van der Waals surface area contributed by atoms with E-state index >= 15 is 0 Å². The molecule has 1 unspecified atom stereocenters. The Morgan fingerprint density at radius 2 is 2.05 bits per heavy atom. The summed E-state index contributed by atoms with van der Waals surface area (Å²) in [6, 6.07) is 6.98. The molecule has 0 bridgehead atoms. The fraction of sp³-hybridized carbons (Fsp3) is 0.385. The van der Waals surface area contributed by atoms with E-state index < -0.39 is 0 Å². The minimum Gasteiger partial charge on any atom is -0.486 e. The van der Waals surface area contributed by atoms with Gasteiger partial charge in [-0.2, -0.15) is 0 Å². The predicted octanol–water partition coefficient (Wildman–Crippen LogP) is 0.768. The number of amides is 3. The molecule has 0 radical (unpaired) electrons. The van der Waals surface area contributed by atoms with Crippen LogP contribution in [0.25, 0.3) is 0 Å². The largest absolute Gasteiger partial charge is 0.486 e. The highest BCUT2D eigenvalue weighted by atomic mass is 16.6. The zero-order valence-electron chi connectivity index (χ0n) is 10.3. The van der Waals surface area contributed by atoms with Crippen molar-refractivity contribution in [2.24, 2.45) is 0 Å². The standard InChI is InChI=1S/C13H14N2O4/c16-12-5-6-14-13(17)15(12)7-9-8-18-10-3-1-2-4-11(10)19-9/h1-4,9H,5-8H2,(H,14,17). The molecule has 3 amide bonds. The maximum absolute atomic E-state index is 11.7. The van der Waals surface area contributed by atoms with Crippen LogP contribution < -0.4 is 14.8 Å². The van der Waals surface area contributed by atoms with Crippen molar-refractivity contribution in [3.05, 3.63) is 24.3 Å². The lowest BCUT2D eigenvalue weighted by Crippen LogP contribution is -2.54. The van der Waals surface area contributed by atoms with Crippen LogP contribution in [0.4, 0.5) is 4.79 Å². The normalized spacial score (nSPS) is 22.1. The number of nitrogens with one attached hydrogen (secondary N) is 1. The number of ether oxygens (including phenoxy) is 2. The van der Waals surface area contributed by atoms with E-state index in [0.717, 1.165) is 0 Å². The van der Waals surface area contributed by atoms with E-state index in [1.165, 1.54) is 4.90 Å². The van der Waals surface area contributed by atoms with E-state index in [4.69, 9.17) is 9.47 Å². The zero-order chi connectivity index (χ0) is 13.2. The second-order valence-electron chi connectivity index (χ2n) is 4.48. The minimum absolute atomic E-state index is 0.175. The average molecular weight is 262 g/mol. The smallest absolute Gasteiger partial charge is 0.324 e. The molecule has 1 fully saturated rings. The summed E-state index contributed by atoms with van der Waals surface area (Å²) in [7, 11) is 0. The Hall–Kier alpha value is -2.24. The Kier molecular flexibility index (Phi) is 2.98. The Balaban J connectivity index is 1.68. The van der Waals surface area contributed by atoms with Gasteiger partial charge in [0.25, 0.3) is 0 Å². The maximum atomic E-state index is 11.7. The second-order valence-corrected chi connectivity index (χ2v) is 4.48. The zero-order valence-corrected chi connectivity index (χ0v) is 10.3. The highest BCUT2D eigenvalue weighted by molar-refractivity contribution is 5.96. The molecular weight excluding hydrogens is 248 g/mol. The van der Waals surface area contributed by atoms with E-state index in [9.17, 15) is 9.59 Å². The third-order valence-corrected chi connectivity index (χ3v) is 3.12.